The van der Waals surface area contributed by atoms with E-state index in [2.05, 4.69) is 24.3 Å². The molecule has 0 saturated carbocycles. The summed E-state index contributed by atoms with van der Waals surface area (Å²) in [5.74, 6) is 0.896. The summed E-state index contributed by atoms with van der Waals surface area (Å²) in [6.07, 6.45) is -0.179. The molecule has 0 aliphatic carbocycles. The molecule has 0 bridgehead atoms. The second-order valence-corrected chi connectivity index (χ2v) is 7.13. The molecule has 4 rings (SSSR count). The van der Waals surface area contributed by atoms with Gasteiger partial charge in [0.15, 0.2) is 0 Å². The van der Waals surface area contributed by atoms with Crippen LogP contribution in [-0.2, 0) is 0 Å². The van der Waals surface area contributed by atoms with Gasteiger partial charge in [0.05, 0.1) is 4.88 Å². The largest absolute Gasteiger partial charge is 0.481 e. The third-order valence-electron chi connectivity index (χ3n) is 4.22. The number of fused-ring (bicyclic) bond motifs is 1. The van der Waals surface area contributed by atoms with Crippen molar-refractivity contribution >= 4 is 27.3 Å². The molecular formula is C22H18N2OS. The molecule has 0 fully saturated rings. The molecule has 0 spiro atoms. The molecule has 26 heavy (non-hydrogen) atoms. The average molecular weight is 358 g/mol. The van der Waals surface area contributed by atoms with Crippen LogP contribution in [0.15, 0.2) is 84.9 Å². The summed E-state index contributed by atoms with van der Waals surface area (Å²) in [7, 11) is 0. The summed E-state index contributed by atoms with van der Waals surface area (Å²) in [5, 5.41) is 8.69. The summed E-state index contributed by atoms with van der Waals surface area (Å²) in [6, 6.07) is 28.4. The zero-order valence-corrected chi connectivity index (χ0v) is 14.9. The van der Waals surface area contributed by atoms with Crippen molar-refractivity contribution in [2.24, 2.45) is 5.73 Å². The average Bonchev–Trinajstić information content (AvgIpc) is 3.11. The van der Waals surface area contributed by atoms with Crippen LogP contribution in [0.25, 0.3) is 10.1 Å². The van der Waals surface area contributed by atoms with Gasteiger partial charge in [0.1, 0.15) is 17.7 Å². The minimum Gasteiger partial charge on any atom is -0.481 e. The van der Waals surface area contributed by atoms with E-state index in [1.165, 1.54) is 11.3 Å². The Kier molecular flexibility index (Phi) is 4.42. The van der Waals surface area contributed by atoms with Gasteiger partial charge in [0.2, 0.25) is 0 Å². The SMILES string of the molecule is N=C(N)c1cc2ccc(OC(c3ccccc3)c3ccccc3)cc2s1. The number of ether oxygens (including phenoxy) is 1. The van der Waals surface area contributed by atoms with Crippen molar-refractivity contribution < 1.29 is 4.74 Å². The highest BCUT2D eigenvalue weighted by molar-refractivity contribution is 7.20. The molecule has 3 aromatic carbocycles. The zero-order valence-electron chi connectivity index (χ0n) is 14.1. The quantitative estimate of drug-likeness (QED) is 0.373. The Hall–Kier alpha value is -3.11. The third kappa shape index (κ3) is 3.32. The molecule has 3 nitrogen and oxygen atoms in total. The number of benzene rings is 3. The molecule has 0 amide bonds. The van der Waals surface area contributed by atoms with Crippen LogP contribution in [0.1, 0.15) is 22.1 Å². The van der Waals surface area contributed by atoms with Crippen molar-refractivity contribution in [3.05, 3.63) is 101 Å². The van der Waals surface area contributed by atoms with Gasteiger partial charge < -0.3 is 10.5 Å². The molecule has 0 saturated heterocycles. The van der Waals surface area contributed by atoms with E-state index < -0.39 is 0 Å². The van der Waals surface area contributed by atoms with Crippen LogP contribution < -0.4 is 10.5 Å². The number of hydrogen-bond donors (Lipinski definition) is 2. The molecule has 3 N–H and O–H groups in total. The molecule has 4 heteroatoms. The molecule has 0 unspecified atom stereocenters. The molecule has 0 atom stereocenters. The Balaban J connectivity index is 1.71. The fraction of sp³-hybridized carbons (Fsp3) is 0.0455. The monoisotopic (exact) mass is 358 g/mol. The number of nitrogen functional groups attached to an aromatic ring is 1. The number of rotatable bonds is 5. The summed E-state index contributed by atoms with van der Waals surface area (Å²) in [6.45, 7) is 0. The summed E-state index contributed by atoms with van der Waals surface area (Å²) < 4.78 is 7.45. The fourth-order valence-electron chi connectivity index (χ4n) is 2.94. The lowest BCUT2D eigenvalue weighted by atomic mass is 10.0. The van der Waals surface area contributed by atoms with Gasteiger partial charge in [-0.1, -0.05) is 60.7 Å². The van der Waals surface area contributed by atoms with Crippen LogP contribution in [0.2, 0.25) is 0 Å². The standard InChI is InChI=1S/C22H18N2OS/c23-22(24)20-13-17-11-12-18(14-19(17)26-20)25-21(15-7-3-1-4-8-15)16-9-5-2-6-10-16/h1-14,21H,(H3,23,24). The molecule has 128 valence electrons. The van der Waals surface area contributed by atoms with Crippen LogP contribution in [0, 0.1) is 5.41 Å². The molecule has 0 radical (unpaired) electrons. The lowest BCUT2D eigenvalue weighted by Crippen LogP contribution is -2.09. The smallest absolute Gasteiger partial charge is 0.149 e. The van der Waals surface area contributed by atoms with Gasteiger partial charge in [-0.3, -0.25) is 5.41 Å². The van der Waals surface area contributed by atoms with E-state index in [9.17, 15) is 0 Å². The van der Waals surface area contributed by atoms with E-state index in [-0.39, 0.29) is 11.9 Å². The highest BCUT2D eigenvalue weighted by atomic mass is 32.1. The van der Waals surface area contributed by atoms with Crippen molar-refractivity contribution in [1.82, 2.24) is 0 Å². The predicted octanol–water partition coefficient (Wildman–Crippen LogP) is 5.35. The van der Waals surface area contributed by atoms with Gasteiger partial charge >= 0.3 is 0 Å². The van der Waals surface area contributed by atoms with Crippen LogP contribution in [0.5, 0.6) is 5.75 Å². The highest BCUT2D eigenvalue weighted by Crippen LogP contribution is 2.33. The molecule has 1 aromatic heterocycles. The summed E-state index contributed by atoms with van der Waals surface area (Å²) >= 11 is 1.51. The third-order valence-corrected chi connectivity index (χ3v) is 5.35. The van der Waals surface area contributed by atoms with Crippen molar-refractivity contribution in [3.63, 3.8) is 0 Å². The van der Waals surface area contributed by atoms with E-state index in [0.29, 0.717) is 0 Å². The van der Waals surface area contributed by atoms with Crippen molar-refractivity contribution in [2.75, 3.05) is 0 Å². The van der Waals surface area contributed by atoms with Crippen LogP contribution >= 0.6 is 11.3 Å². The Bertz CT molecular complexity index is 1000. The molecule has 0 aliphatic rings. The second kappa shape index (κ2) is 7.02. The minimum atomic E-state index is -0.179. The van der Waals surface area contributed by atoms with E-state index >= 15 is 0 Å². The normalized spacial score (nSPS) is 11.0. The maximum Gasteiger partial charge on any atom is 0.149 e. The van der Waals surface area contributed by atoms with Gasteiger partial charge in [0.25, 0.3) is 0 Å². The maximum atomic E-state index is 7.62. The van der Waals surface area contributed by atoms with E-state index in [1.807, 2.05) is 60.7 Å². The Labute approximate surface area is 156 Å². The van der Waals surface area contributed by atoms with Crippen molar-refractivity contribution in [2.45, 2.75) is 6.10 Å². The van der Waals surface area contributed by atoms with E-state index in [4.69, 9.17) is 15.9 Å². The topological polar surface area (TPSA) is 59.1 Å². The second-order valence-electron chi connectivity index (χ2n) is 6.04. The Morgan fingerprint density at radius 2 is 1.46 bits per heavy atom. The summed E-state index contributed by atoms with van der Waals surface area (Å²) in [4.78, 5) is 0.778. The number of amidine groups is 1. The minimum absolute atomic E-state index is 0.0973. The summed E-state index contributed by atoms with van der Waals surface area (Å²) in [5.41, 5.74) is 7.82. The van der Waals surface area contributed by atoms with Gasteiger partial charge in [-0.25, -0.2) is 0 Å². The number of hydrogen-bond acceptors (Lipinski definition) is 3. The van der Waals surface area contributed by atoms with Crippen LogP contribution in [0.4, 0.5) is 0 Å². The Morgan fingerprint density at radius 3 is 2.04 bits per heavy atom. The van der Waals surface area contributed by atoms with Gasteiger partial charge in [-0.15, -0.1) is 11.3 Å². The van der Waals surface area contributed by atoms with Gasteiger partial charge in [-0.05, 0) is 40.8 Å². The highest BCUT2D eigenvalue weighted by Gasteiger charge is 2.16. The number of nitrogens with one attached hydrogen (secondary N) is 1. The first kappa shape index (κ1) is 16.4. The lowest BCUT2D eigenvalue weighted by molar-refractivity contribution is 0.247. The van der Waals surface area contributed by atoms with E-state index in [0.717, 1.165) is 31.8 Å². The van der Waals surface area contributed by atoms with Crippen molar-refractivity contribution in [3.8, 4) is 5.75 Å². The first-order valence-electron chi connectivity index (χ1n) is 8.35. The Morgan fingerprint density at radius 1 is 0.846 bits per heavy atom. The fourth-order valence-corrected chi connectivity index (χ4v) is 3.89. The maximum absolute atomic E-state index is 7.62. The first-order chi connectivity index (χ1) is 12.7. The molecular weight excluding hydrogens is 340 g/mol. The number of thiophene rings is 1. The van der Waals surface area contributed by atoms with E-state index in [1.54, 1.807) is 0 Å². The zero-order chi connectivity index (χ0) is 17.9. The lowest BCUT2D eigenvalue weighted by Gasteiger charge is -2.20. The number of nitrogens with two attached hydrogens (primary N) is 1. The first-order valence-corrected chi connectivity index (χ1v) is 9.17. The van der Waals surface area contributed by atoms with Crippen molar-refractivity contribution in [1.29, 1.82) is 5.41 Å². The van der Waals surface area contributed by atoms with Gasteiger partial charge in [0, 0.05) is 4.70 Å². The van der Waals surface area contributed by atoms with Gasteiger partial charge in [-0.2, -0.15) is 0 Å². The van der Waals surface area contributed by atoms with Crippen LogP contribution in [-0.4, -0.2) is 5.84 Å². The van der Waals surface area contributed by atoms with Crippen LogP contribution in [0.3, 0.4) is 0 Å². The molecule has 4 aromatic rings. The molecule has 0 aliphatic heterocycles. The molecule has 1 heterocycles. The predicted molar refractivity (Wildman–Crippen MR) is 108 cm³/mol.